The molecular formula is C21H23N3O3S. The SMILES string of the molecule is C[C@H]1C[C@H](C)CN(S(=O)(=O)c2ccc(NC(=O)c3ccc(C#N)cc3)cc2)C1. The zero-order chi connectivity index (χ0) is 20.3. The number of nitrogens with zero attached hydrogens (tertiary/aromatic N) is 2. The van der Waals surface area contributed by atoms with E-state index in [0.717, 1.165) is 6.42 Å². The predicted molar refractivity (Wildman–Crippen MR) is 107 cm³/mol. The predicted octanol–water partition coefficient (Wildman–Crippen LogP) is 3.48. The van der Waals surface area contributed by atoms with Crippen LogP contribution in [-0.4, -0.2) is 31.7 Å². The third kappa shape index (κ3) is 4.41. The van der Waals surface area contributed by atoms with E-state index in [2.05, 4.69) is 19.2 Å². The molecule has 2 aromatic carbocycles. The van der Waals surface area contributed by atoms with Gasteiger partial charge in [-0.15, -0.1) is 0 Å². The Balaban J connectivity index is 1.72. The van der Waals surface area contributed by atoms with Gasteiger partial charge >= 0.3 is 0 Å². The molecule has 6 nitrogen and oxygen atoms in total. The molecule has 0 saturated carbocycles. The third-order valence-corrected chi connectivity index (χ3v) is 6.71. The molecule has 3 rings (SSSR count). The maximum Gasteiger partial charge on any atom is 0.255 e. The van der Waals surface area contributed by atoms with Crippen LogP contribution in [0.1, 0.15) is 36.2 Å². The number of amides is 1. The Morgan fingerprint density at radius 2 is 1.61 bits per heavy atom. The fourth-order valence-electron chi connectivity index (χ4n) is 3.56. The van der Waals surface area contributed by atoms with Crippen molar-refractivity contribution < 1.29 is 13.2 Å². The summed E-state index contributed by atoms with van der Waals surface area (Å²) < 4.78 is 27.4. The number of carbonyl (C=O) groups excluding carboxylic acids is 1. The van der Waals surface area contributed by atoms with Crippen molar-refractivity contribution in [3.05, 3.63) is 59.7 Å². The summed E-state index contributed by atoms with van der Waals surface area (Å²) in [5.41, 5.74) is 1.41. The lowest BCUT2D eigenvalue weighted by Gasteiger charge is -2.34. The van der Waals surface area contributed by atoms with Gasteiger partial charge in [-0.05, 0) is 66.8 Å². The highest BCUT2D eigenvalue weighted by Crippen LogP contribution is 2.27. The number of piperidine rings is 1. The highest BCUT2D eigenvalue weighted by molar-refractivity contribution is 7.89. The zero-order valence-electron chi connectivity index (χ0n) is 15.9. The number of sulfonamides is 1. The van der Waals surface area contributed by atoms with Crippen LogP contribution < -0.4 is 5.32 Å². The monoisotopic (exact) mass is 397 g/mol. The van der Waals surface area contributed by atoms with Crippen LogP contribution in [-0.2, 0) is 10.0 Å². The van der Waals surface area contributed by atoms with Crippen LogP contribution in [0.5, 0.6) is 0 Å². The third-order valence-electron chi connectivity index (χ3n) is 4.86. The number of nitrogens with one attached hydrogen (secondary N) is 1. The Hall–Kier alpha value is -2.69. The van der Waals surface area contributed by atoms with Crippen LogP contribution in [0.4, 0.5) is 5.69 Å². The van der Waals surface area contributed by atoms with Gasteiger partial charge in [-0.25, -0.2) is 8.42 Å². The van der Waals surface area contributed by atoms with Gasteiger partial charge in [-0.2, -0.15) is 9.57 Å². The van der Waals surface area contributed by atoms with Crippen LogP contribution in [0.2, 0.25) is 0 Å². The summed E-state index contributed by atoms with van der Waals surface area (Å²) in [6, 6.07) is 14.5. The average molecular weight is 398 g/mol. The van der Waals surface area contributed by atoms with Gasteiger partial charge in [0.1, 0.15) is 0 Å². The average Bonchev–Trinajstić information content (AvgIpc) is 2.67. The molecular weight excluding hydrogens is 374 g/mol. The lowest BCUT2D eigenvalue weighted by molar-refractivity contribution is 0.102. The fourth-order valence-corrected chi connectivity index (χ4v) is 5.24. The number of rotatable bonds is 4. The van der Waals surface area contributed by atoms with E-state index >= 15 is 0 Å². The van der Waals surface area contributed by atoms with Crippen molar-refractivity contribution >= 4 is 21.6 Å². The van der Waals surface area contributed by atoms with E-state index in [1.54, 1.807) is 40.7 Å². The Bertz CT molecular complexity index is 983. The number of hydrogen-bond acceptors (Lipinski definition) is 4. The standard InChI is InChI=1S/C21H23N3O3S/c1-15-11-16(2)14-24(13-15)28(26,27)20-9-7-19(8-10-20)23-21(25)18-5-3-17(12-22)4-6-18/h3-10,15-16H,11,13-14H2,1-2H3,(H,23,25)/t15-,16-/m0/s1. The van der Waals surface area contributed by atoms with Gasteiger partial charge in [0, 0.05) is 24.3 Å². The molecule has 0 spiro atoms. The second-order valence-corrected chi connectivity index (χ2v) is 9.37. The number of hydrogen-bond donors (Lipinski definition) is 1. The largest absolute Gasteiger partial charge is 0.322 e. The first-order valence-electron chi connectivity index (χ1n) is 9.21. The molecule has 0 radical (unpaired) electrons. The number of benzene rings is 2. The normalized spacial score (nSPS) is 20.3. The summed E-state index contributed by atoms with van der Waals surface area (Å²) in [6.45, 7) is 5.20. The van der Waals surface area contributed by atoms with E-state index in [0.29, 0.717) is 41.7 Å². The minimum absolute atomic E-state index is 0.227. The molecule has 0 aromatic heterocycles. The zero-order valence-corrected chi connectivity index (χ0v) is 16.7. The molecule has 1 aliphatic heterocycles. The van der Waals surface area contributed by atoms with Crippen LogP contribution >= 0.6 is 0 Å². The van der Waals surface area contributed by atoms with E-state index in [1.165, 1.54) is 12.1 Å². The molecule has 1 heterocycles. The minimum Gasteiger partial charge on any atom is -0.322 e. The van der Waals surface area contributed by atoms with E-state index in [9.17, 15) is 13.2 Å². The van der Waals surface area contributed by atoms with Gasteiger partial charge in [-0.3, -0.25) is 4.79 Å². The van der Waals surface area contributed by atoms with Gasteiger partial charge in [0.25, 0.3) is 5.91 Å². The van der Waals surface area contributed by atoms with E-state index < -0.39 is 10.0 Å². The molecule has 1 saturated heterocycles. The van der Waals surface area contributed by atoms with Crippen molar-refractivity contribution in [2.75, 3.05) is 18.4 Å². The summed E-state index contributed by atoms with van der Waals surface area (Å²) in [4.78, 5) is 12.5. The molecule has 1 aliphatic rings. The Kier molecular flexibility index (Phi) is 5.82. The first kappa shape index (κ1) is 20.1. The molecule has 0 bridgehead atoms. The van der Waals surface area contributed by atoms with Crippen LogP contribution in [0.3, 0.4) is 0 Å². The first-order chi connectivity index (χ1) is 13.3. The molecule has 2 atom stereocenters. The van der Waals surface area contributed by atoms with Crippen LogP contribution in [0.15, 0.2) is 53.4 Å². The number of anilines is 1. The van der Waals surface area contributed by atoms with E-state index in [4.69, 9.17) is 5.26 Å². The Morgan fingerprint density at radius 3 is 2.14 bits per heavy atom. The molecule has 0 aliphatic carbocycles. The topological polar surface area (TPSA) is 90.3 Å². The summed E-state index contributed by atoms with van der Waals surface area (Å²) in [5.74, 6) is 0.354. The molecule has 146 valence electrons. The summed E-state index contributed by atoms with van der Waals surface area (Å²) >= 11 is 0. The van der Waals surface area contributed by atoms with Gasteiger partial charge in [0.15, 0.2) is 0 Å². The summed E-state index contributed by atoms with van der Waals surface area (Å²) in [5, 5.41) is 11.6. The highest BCUT2D eigenvalue weighted by atomic mass is 32.2. The molecule has 0 unspecified atom stereocenters. The molecule has 2 aromatic rings. The molecule has 1 N–H and O–H groups in total. The van der Waals surface area contributed by atoms with Crippen molar-refractivity contribution in [3.63, 3.8) is 0 Å². The number of nitriles is 1. The Labute approximate surface area is 165 Å². The smallest absolute Gasteiger partial charge is 0.255 e. The lowest BCUT2D eigenvalue weighted by atomic mass is 9.94. The first-order valence-corrected chi connectivity index (χ1v) is 10.7. The maximum absolute atomic E-state index is 12.9. The molecule has 28 heavy (non-hydrogen) atoms. The number of carbonyl (C=O) groups is 1. The van der Waals surface area contributed by atoms with Gasteiger partial charge < -0.3 is 5.32 Å². The van der Waals surface area contributed by atoms with Gasteiger partial charge in [0.2, 0.25) is 10.0 Å². The Morgan fingerprint density at radius 1 is 1.04 bits per heavy atom. The summed E-state index contributed by atoms with van der Waals surface area (Å²) in [7, 11) is -3.54. The minimum atomic E-state index is -3.54. The van der Waals surface area contributed by atoms with Crippen molar-refractivity contribution in [1.82, 2.24) is 4.31 Å². The van der Waals surface area contributed by atoms with Crippen molar-refractivity contribution in [1.29, 1.82) is 5.26 Å². The van der Waals surface area contributed by atoms with Crippen molar-refractivity contribution in [2.45, 2.75) is 25.2 Å². The molecule has 1 fully saturated rings. The fraction of sp³-hybridized carbons (Fsp3) is 0.333. The maximum atomic E-state index is 12.9. The van der Waals surface area contributed by atoms with Crippen molar-refractivity contribution in [3.8, 4) is 6.07 Å². The van der Waals surface area contributed by atoms with Crippen LogP contribution in [0.25, 0.3) is 0 Å². The second kappa shape index (κ2) is 8.13. The van der Waals surface area contributed by atoms with E-state index in [-0.39, 0.29) is 10.8 Å². The van der Waals surface area contributed by atoms with Crippen molar-refractivity contribution in [2.24, 2.45) is 11.8 Å². The molecule has 1 amide bonds. The van der Waals surface area contributed by atoms with Gasteiger partial charge in [-0.1, -0.05) is 13.8 Å². The quantitative estimate of drug-likeness (QED) is 0.855. The van der Waals surface area contributed by atoms with Crippen LogP contribution in [0, 0.1) is 23.2 Å². The second-order valence-electron chi connectivity index (χ2n) is 7.44. The molecule has 7 heteroatoms. The summed E-state index contributed by atoms with van der Waals surface area (Å²) in [6.07, 6.45) is 1.03. The van der Waals surface area contributed by atoms with Gasteiger partial charge in [0.05, 0.1) is 16.5 Å². The lowest BCUT2D eigenvalue weighted by Crippen LogP contribution is -2.42. The van der Waals surface area contributed by atoms with E-state index in [1.807, 2.05) is 6.07 Å². The highest BCUT2D eigenvalue weighted by Gasteiger charge is 2.31.